The molecule has 1 fully saturated rings. The first-order chi connectivity index (χ1) is 13.5. The van der Waals surface area contributed by atoms with Gasteiger partial charge in [0.1, 0.15) is 6.10 Å². The predicted octanol–water partition coefficient (Wildman–Crippen LogP) is 5.99. The van der Waals surface area contributed by atoms with Crippen molar-refractivity contribution in [2.45, 2.75) is 109 Å². The van der Waals surface area contributed by atoms with Gasteiger partial charge in [0.15, 0.2) is 6.29 Å². The van der Waals surface area contributed by atoms with Crippen LogP contribution in [0.25, 0.3) is 0 Å². The summed E-state index contributed by atoms with van der Waals surface area (Å²) in [5.74, 6) is 0. The second-order valence-electron chi connectivity index (χ2n) is 7.68. The molecule has 1 rings (SSSR count). The van der Waals surface area contributed by atoms with Gasteiger partial charge in [-0.3, -0.25) is 0 Å². The minimum absolute atomic E-state index is 0.0775. The molecule has 1 heterocycles. The molecule has 0 aromatic heterocycles. The molecule has 0 aliphatic carbocycles. The van der Waals surface area contributed by atoms with Gasteiger partial charge < -0.3 is 23.8 Å². The third kappa shape index (κ3) is 16.0. The Labute approximate surface area is 177 Å². The summed E-state index contributed by atoms with van der Waals surface area (Å²) in [6, 6.07) is 0. The van der Waals surface area contributed by atoms with Gasteiger partial charge in [0.2, 0.25) is 0 Å². The van der Waals surface area contributed by atoms with E-state index in [0.717, 1.165) is 12.8 Å². The molecule has 5 nitrogen and oxygen atoms in total. The Balaban J connectivity index is 1.83. The van der Waals surface area contributed by atoms with Crippen molar-refractivity contribution in [3.05, 3.63) is 12.2 Å². The van der Waals surface area contributed by atoms with Gasteiger partial charge in [-0.25, -0.2) is 0 Å². The highest BCUT2D eigenvalue weighted by Gasteiger charge is 2.27. The van der Waals surface area contributed by atoms with Gasteiger partial charge in [0, 0.05) is 0 Å². The lowest BCUT2D eigenvalue weighted by molar-refractivity contribution is -0.0691. The first kappa shape index (κ1) is 26.2. The number of allylic oxidation sites excluding steroid dienone is 2. The lowest BCUT2D eigenvalue weighted by Gasteiger charge is -2.13. The minimum atomic E-state index is -3.60. The first-order valence-corrected chi connectivity index (χ1v) is 13.8. The van der Waals surface area contributed by atoms with Crippen molar-refractivity contribution in [3.8, 4) is 0 Å². The third-order valence-corrected chi connectivity index (χ3v) is 5.74. The number of hydrogen-bond acceptors (Lipinski definition) is 4. The highest BCUT2D eigenvalue weighted by atomic mass is 32.5. The molecule has 0 aromatic carbocycles. The lowest BCUT2D eigenvalue weighted by Crippen LogP contribution is -2.18. The van der Waals surface area contributed by atoms with Crippen LogP contribution in [-0.2, 0) is 25.8 Å². The minimum Gasteiger partial charge on any atom is -0.350 e. The molecule has 166 valence electrons. The Bertz CT molecular complexity index is 441. The number of hydrogen-bond donors (Lipinski definition) is 2. The van der Waals surface area contributed by atoms with Crippen molar-refractivity contribution in [2.24, 2.45) is 0 Å². The average Bonchev–Trinajstić information content (AvgIpc) is 3.10. The summed E-state index contributed by atoms with van der Waals surface area (Å²) in [6.45, 7) is -0.838. The summed E-state index contributed by atoms with van der Waals surface area (Å²) in [5.41, 5.74) is 0. The largest absolute Gasteiger partial charge is 0.350 e. The van der Waals surface area contributed by atoms with Gasteiger partial charge in [-0.2, -0.15) is 0 Å². The van der Waals surface area contributed by atoms with E-state index < -0.39 is 6.72 Å². The third-order valence-electron chi connectivity index (χ3n) is 4.94. The van der Waals surface area contributed by atoms with E-state index in [0.29, 0.717) is 6.61 Å². The van der Waals surface area contributed by atoms with Crippen LogP contribution in [0.1, 0.15) is 96.8 Å². The summed E-state index contributed by atoms with van der Waals surface area (Å²) in [5, 5.41) is 0. The fraction of sp³-hybridized carbons (Fsp3) is 0.905. The van der Waals surface area contributed by atoms with Crippen molar-refractivity contribution in [1.82, 2.24) is 0 Å². The quantitative estimate of drug-likeness (QED) is 0.156. The fourth-order valence-electron chi connectivity index (χ4n) is 3.31. The molecule has 28 heavy (non-hydrogen) atoms. The van der Waals surface area contributed by atoms with Crippen molar-refractivity contribution in [3.63, 3.8) is 0 Å². The monoisotopic (exact) mass is 436 g/mol. The van der Waals surface area contributed by atoms with E-state index in [1.54, 1.807) is 0 Å². The molecule has 7 heteroatoms. The molecule has 0 saturated carbocycles. The van der Waals surface area contributed by atoms with Crippen LogP contribution in [0.2, 0.25) is 0 Å². The zero-order valence-corrected chi connectivity index (χ0v) is 19.3. The van der Waals surface area contributed by atoms with Crippen molar-refractivity contribution < 1.29 is 23.8 Å². The average molecular weight is 437 g/mol. The van der Waals surface area contributed by atoms with E-state index in [1.165, 1.54) is 77.0 Å². The molecular formula is C21H41O5PS. The Kier molecular flexibility index (Phi) is 15.9. The normalized spacial score (nSPS) is 20.4. The zero-order valence-electron chi connectivity index (χ0n) is 17.6. The molecule has 2 N–H and O–H groups in total. The van der Waals surface area contributed by atoms with Gasteiger partial charge in [-0.05, 0) is 50.3 Å². The van der Waals surface area contributed by atoms with E-state index in [4.69, 9.17) is 23.8 Å². The Hall–Kier alpha value is 0.190. The van der Waals surface area contributed by atoms with E-state index in [1.807, 2.05) is 0 Å². The molecule has 1 aliphatic heterocycles. The molecule has 0 bridgehead atoms. The molecule has 0 spiro atoms. The van der Waals surface area contributed by atoms with Crippen LogP contribution in [0.4, 0.5) is 0 Å². The van der Waals surface area contributed by atoms with Gasteiger partial charge in [-0.1, -0.05) is 70.4 Å². The van der Waals surface area contributed by atoms with Crippen LogP contribution in [0.15, 0.2) is 12.2 Å². The van der Waals surface area contributed by atoms with Crippen LogP contribution >= 0.6 is 6.72 Å². The highest BCUT2D eigenvalue weighted by Crippen LogP contribution is 2.37. The maximum Gasteiger partial charge on any atom is 0.321 e. The van der Waals surface area contributed by atoms with E-state index in [9.17, 15) is 0 Å². The van der Waals surface area contributed by atoms with Gasteiger partial charge in [0.25, 0.3) is 0 Å². The number of rotatable bonds is 18. The van der Waals surface area contributed by atoms with Crippen LogP contribution in [0, 0.1) is 0 Å². The first-order valence-electron chi connectivity index (χ1n) is 11.1. The Morgan fingerprint density at radius 3 is 2.11 bits per heavy atom. The Morgan fingerprint density at radius 1 is 0.929 bits per heavy atom. The topological polar surface area (TPSA) is 68.2 Å². The lowest BCUT2D eigenvalue weighted by atomic mass is 10.1. The van der Waals surface area contributed by atoms with Gasteiger partial charge in [0.05, 0.1) is 13.2 Å². The summed E-state index contributed by atoms with van der Waals surface area (Å²) in [4.78, 5) is 18.1. The smallest absolute Gasteiger partial charge is 0.321 e. The van der Waals surface area contributed by atoms with Crippen LogP contribution in [-0.4, -0.2) is 35.4 Å². The molecule has 0 amide bonds. The molecule has 2 atom stereocenters. The molecule has 1 saturated heterocycles. The number of unbranched alkanes of at least 4 members (excludes halogenated alkanes) is 11. The molecule has 1 aliphatic rings. The summed E-state index contributed by atoms with van der Waals surface area (Å²) in [6.07, 6.45) is 21.9. The van der Waals surface area contributed by atoms with E-state index in [2.05, 4.69) is 30.9 Å². The summed E-state index contributed by atoms with van der Waals surface area (Å²) >= 11 is 4.42. The summed E-state index contributed by atoms with van der Waals surface area (Å²) in [7, 11) is 0. The number of ether oxygens (including phenoxy) is 2. The van der Waals surface area contributed by atoms with Crippen LogP contribution in [0.3, 0.4) is 0 Å². The van der Waals surface area contributed by atoms with Gasteiger partial charge in [-0.15, -0.1) is 0 Å². The van der Waals surface area contributed by atoms with Gasteiger partial charge >= 0.3 is 6.72 Å². The van der Waals surface area contributed by atoms with Crippen molar-refractivity contribution in [1.29, 1.82) is 0 Å². The van der Waals surface area contributed by atoms with Crippen molar-refractivity contribution >= 4 is 18.5 Å². The van der Waals surface area contributed by atoms with Crippen molar-refractivity contribution in [2.75, 3.05) is 13.2 Å². The maximum atomic E-state index is 9.06. The molecule has 0 aromatic rings. The maximum absolute atomic E-state index is 9.06. The second-order valence-corrected chi connectivity index (χ2v) is 10.3. The van der Waals surface area contributed by atoms with E-state index in [-0.39, 0.29) is 19.0 Å². The SMILES string of the molecule is CCCCCCC/C=C/CCCCCCCC[C@@H]1OC[C@@H](COP(O)(O)=S)O1. The predicted molar refractivity (Wildman–Crippen MR) is 119 cm³/mol. The Morgan fingerprint density at radius 2 is 1.50 bits per heavy atom. The van der Waals surface area contributed by atoms with E-state index >= 15 is 0 Å². The fourth-order valence-corrected chi connectivity index (χ4v) is 3.85. The van der Waals surface area contributed by atoms with Crippen LogP contribution < -0.4 is 0 Å². The standard InChI is InChI=1S/C21H41O5PS/c1-2-3-4-5-6-7-8-9-10-11-12-13-14-15-16-17-21-24-18-20(26-21)19-25-27(22,23)28/h8-9,20-21H,2-7,10-19H2,1H3,(H2,22,23,28)/b9-8+/t20-,21+/m0/s1. The molecule has 0 radical (unpaired) electrons. The molecular weight excluding hydrogens is 395 g/mol. The van der Waals surface area contributed by atoms with Crippen LogP contribution in [0.5, 0.6) is 0 Å². The zero-order chi connectivity index (χ0) is 20.5. The summed E-state index contributed by atoms with van der Waals surface area (Å²) < 4.78 is 16.0. The highest BCUT2D eigenvalue weighted by molar-refractivity contribution is 8.06. The molecule has 0 unspecified atom stereocenters. The second kappa shape index (κ2) is 16.9.